The zero-order valence-electron chi connectivity index (χ0n) is 9.50. The number of nitriles is 1. The van der Waals surface area contributed by atoms with Crippen molar-refractivity contribution in [3.63, 3.8) is 0 Å². The summed E-state index contributed by atoms with van der Waals surface area (Å²) < 4.78 is 0. The maximum Gasteiger partial charge on any atom is 0.237 e. The first kappa shape index (κ1) is 13.0. The van der Waals surface area contributed by atoms with Crippen LogP contribution >= 0.6 is 0 Å². The Balaban J connectivity index is 4.22. The van der Waals surface area contributed by atoms with Crippen molar-refractivity contribution in [2.45, 2.75) is 46.6 Å². The molecule has 80 valence electrons. The molecule has 3 heteroatoms. The molecule has 0 aromatic rings. The van der Waals surface area contributed by atoms with Gasteiger partial charge >= 0.3 is 0 Å². The normalized spacial score (nSPS) is 14.6. The van der Waals surface area contributed by atoms with E-state index in [9.17, 15) is 4.79 Å². The van der Waals surface area contributed by atoms with E-state index in [0.29, 0.717) is 12.3 Å². The maximum absolute atomic E-state index is 11.5. The van der Waals surface area contributed by atoms with Gasteiger partial charge in [-0.15, -0.1) is 0 Å². The molecule has 0 aliphatic rings. The number of carbonyl (C=O) groups excluding carboxylic acids is 1. The first-order valence-electron chi connectivity index (χ1n) is 5.26. The van der Waals surface area contributed by atoms with Crippen LogP contribution in [0.2, 0.25) is 0 Å². The molecule has 0 bridgehead atoms. The van der Waals surface area contributed by atoms with Crippen molar-refractivity contribution in [1.82, 2.24) is 5.32 Å². The molecule has 2 atom stereocenters. The molecule has 3 nitrogen and oxygen atoms in total. The summed E-state index contributed by atoms with van der Waals surface area (Å²) in [7, 11) is 0. The van der Waals surface area contributed by atoms with Crippen molar-refractivity contribution in [3.05, 3.63) is 0 Å². The average Bonchev–Trinajstić information content (AvgIpc) is 2.15. The number of hydrogen-bond donors (Lipinski definition) is 1. The Kier molecular flexibility index (Phi) is 5.94. The minimum atomic E-state index is -0.497. The van der Waals surface area contributed by atoms with Crippen LogP contribution in [-0.2, 0) is 4.79 Å². The first-order chi connectivity index (χ1) is 6.56. The molecular formula is C11H20N2O. The van der Waals surface area contributed by atoms with Gasteiger partial charge in [-0.2, -0.15) is 5.26 Å². The van der Waals surface area contributed by atoms with E-state index in [2.05, 4.69) is 19.2 Å². The van der Waals surface area contributed by atoms with Crippen LogP contribution in [0.3, 0.4) is 0 Å². The van der Waals surface area contributed by atoms with E-state index in [1.54, 1.807) is 0 Å². The Labute approximate surface area is 86.5 Å². The third kappa shape index (κ3) is 3.78. The number of nitrogens with zero attached hydrogens (tertiary/aromatic N) is 1. The van der Waals surface area contributed by atoms with Crippen LogP contribution in [0.25, 0.3) is 0 Å². The highest BCUT2D eigenvalue weighted by Crippen LogP contribution is 2.08. The molecule has 2 unspecified atom stereocenters. The van der Waals surface area contributed by atoms with Gasteiger partial charge in [0.2, 0.25) is 5.91 Å². The molecule has 14 heavy (non-hydrogen) atoms. The average molecular weight is 196 g/mol. The van der Waals surface area contributed by atoms with Gasteiger partial charge < -0.3 is 5.32 Å². The predicted octanol–water partition coefficient (Wildman–Crippen LogP) is 2.09. The van der Waals surface area contributed by atoms with E-state index in [1.165, 1.54) is 0 Å². The van der Waals surface area contributed by atoms with Crippen molar-refractivity contribution in [1.29, 1.82) is 5.26 Å². The molecule has 0 aliphatic carbocycles. The highest BCUT2D eigenvalue weighted by Gasteiger charge is 2.20. The van der Waals surface area contributed by atoms with E-state index in [1.807, 2.05) is 19.9 Å². The van der Waals surface area contributed by atoms with Crippen LogP contribution in [0, 0.1) is 23.2 Å². The quantitative estimate of drug-likeness (QED) is 0.732. The van der Waals surface area contributed by atoms with Gasteiger partial charge in [-0.25, -0.2) is 0 Å². The van der Waals surface area contributed by atoms with E-state index < -0.39 is 5.92 Å². The summed E-state index contributed by atoms with van der Waals surface area (Å²) in [5, 5.41) is 11.6. The van der Waals surface area contributed by atoms with Crippen LogP contribution in [0.15, 0.2) is 0 Å². The van der Waals surface area contributed by atoms with Gasteiger partial charge in [-0.3, -0.25) is 4.79 Å². The van der Waals surface area contributed by atoms with E-state index in [4.69, 9.17) is 5.26 Å². The van der Waals surface area contributed by atoms with E-state index in [-0.39, 0.29) is 11.9 Å². The molecule has 0 rings (SSSR count). The van der Waals surface area contributed by atoms with Gasteiger partial charge in [-0.1, -0.05) is 27.7 Å². The van der Waals surface area contributed by atoms with Gasteiger partial charge in [-0.05, 0) is 18.8 Å². The Hall–Kier alpha value is -1.04. The van der Waals surface area contributed by atoms with Crippen LogP contribution in [-0.4, -0.2) is 11.9 Å². The van der Waals surface area contributed by atoms with Gasteiger partial charge in [0.25, 0.3) is 0 Å². The Morgan fingerprint density at radius 1 is 1.36 bits per heavy atom. The Morgan fingerprint density at radius 3 is 2.21 bits per heavy atom. The SMILES string of the molecule is CCC(C#N)C(=O)NC(CC)C(C)C. The molecule has 0 spiro atoms. The summed E-state index contributed by atoms with van der Waals surface area (Å²) in [6.07, 6.45) is 1.49. The number of rotatable bonds is 5. The second kappa shape index (κ2) is 6.42. The zero-order chi connectivity index (χ0) is 11.1. The minimum Gasteiger partial charge on any atom is -0.352 e. The van der Waals surface area contributed by atoms with Crippen molar-refractivity contribution >= 4 is 5.91 Å². The van der Waals surface area contributed by atoms with Gasteiger partial charge in [0.15, 0.2) is 0 Å². The lowest BCUT2D eigenvalue weighted by atomic mass is 10.00. The number of hydrogen-bond acceptors (Lipinski definition) is 2. The number of carbonyl (C=O) groups is 1. The number of nitrogens with one attached hydrogen (secondary N) is 1. The minimum absolute atomic E-state index is 0.129. The van der Waals surface area contributed by atoms with Crippen LogP contribution in [0.4, 0.5) is 0 Å². The Bertz CT molecular complexity index is 218. The van der Waals surface area contributed by atoms with Crippen molar-refractivity contribution in [3.8, 4) is 6.07 Å². The standard InChI is InChI=1S/C11H20N2O/c1-5-9(7-12)11(14)13-10(6-2)8(3)4/h8-10H,5-6H2,1-4H3,(H,13,14). The Morgan fingerprint density at radius 2 is 1.93 bits per heavy atom. The van der Waals surface area contributed by atoms with Gasteiger partial charge in [0, 0.05) is 6.04 Å². The molecular weight excluding hydrogens is 176 g/mol. The lowest BCUT2D eigenvalue weighted by molar-refractivity contribution is -0.124. The van der Waals surface area contributed by atoms with E-state index in [0.717, 1.165) is 6.42 Å². The molecule has 0 fully saturated rings. The highest BCUT2D eigenvalue weighted by atomic mass is 16.1. The molecule has 0 saturated carbocycles. The molecule has 1 N–H and O–H groups in total. The van der Waals surface area contributed by atoms with Crippen molar-refractivity contribution < 1.29 is 4.79 Å². The molecule has 0 radical (unpaired) electrons. The zero-order valence-corrected chi connectivity index (χ0v) is 9.50. The lowest BCUT2D eigenvalue weighted by Gasteiger charge is -2.21. The molecule has 0 aliphatic heterocycles. The first-order valence-corrected chi connectivity index (χ1v) is 5.26. The summed E-state index contributed by atoms with van der Waals surface area (Å²) in [5.74, 6) is -0.210. The largest absolute Gasteiger partial charge is 0.352 e. The van der Waals surface area contributed by atoms with Gasteiger partial charge in [0.05, 0.1) is 6.07 Å². The molecule has 0 saturated heterocycles. The maximum atomic E-state index is 11.5. The molecule has 0 aromatic carbocycles. The summed E-state index contributed by atoms with van der Waals surface area (Å²) in [6, 6.07) is 2.19. The summed E-state index contributed by atoms with van der Waals surface area (Å²) in [4.78, 5) is 11.5. The second-order valence-electron chi connectivity index (χ2n) is 3.86. The van der Waals surface area contributed by atoms with Crippen LogP contribution in [0.1, 0.15) is 40.5 Å². The predicted molar refractivity (Wildman–Crippen MR) is 56.5 cm³/mol. The summed E-state index contributed by atoms with van der Waals surface area (Å²) >= 11 is 0. The smallest absolute Gasteiger partial charge is 0.237 e. The monoisotopic (exact) mass is 196 g/mol. The van der Waals surface area contributed by atoms with Gasteiger partial charge in [0.1, 0.15) is 5.92 Å². The highest BCUT2D eigenvalue weighted by molar-refractivity contribution is 5.81. The fourth-order valence-electron chi connectivity index (χ4n) is 1.36. The van der Waals surface area contributed by atoms with Crippen LogP contribution < -0.4 is 5.32 Å². The van der Waals surface area contributed by atoms with Crippen LogP contribution in [0.5, 0.6) is 0 Å². The molecule has 0 aromatic heterocycles. The molecule has 0 heterocycles. The third-order valence-corrected chi connectivity index (χ3v) is 2.45. The third-order valence-electron chi connectivity index (χ3n) is 2.45. The lowest BCUT2D eigenvalue weighted by Crippen LogP contribution is -2.41. The second-order valence-corrected chi connectivity index (χ2v) is 3.86. The van der Waals surface area contributed by atoms with Crippen molar-refractivity contribution in [2.24, 2.45) is 11.8 Å². The van der Waals surface area contributed by atoms with Crippen molar-refractivity contribution in [2.75, 3.05) is 0 Å². The topological polar surface area (TPSA) is 52.9 Å². The summed E-state index contributed by atoms with van der Waals surface area (Å²) in [6.45, 7) is 8.03. The fraction of sp³-hybridized carbons (Fsp3) is 0.818. The fourth-order valence-corrected chi connectivity index (χ4v) is 1.36. The molecule has 1 amide bonds. The number of amides is 1. The summed E-state index contributed by atoms with van der Waals surface area (Å²) in [5.41, 5.74) is 0. The van der Waals surface area contributed by atoms with E-state index >= 15 is 0 Å².